The van der Waals surface area contributed by atoms with E-state index in [-0.39, 0.29) is 23.4 Å². The predicted molar refractivity (Wildman–Crippen MR) is 84.0 cm³/mol. The molecule has 0 aromatic heterocycles. The third kappa shape index (κ3) is 13.6. The number of nitrogens with one attached hydrogen (secondary N) is 2. The number of hydrogen-bond acceptors (Lipinski definition) is 2. The van der Waals surface area contributed by atoms with Crippen LogP contribution in [0.4, 0.5) is 4.79 Å². The molecule has 2 N–H and O–H groups in total. The molecule has 1 aliphatic rings. The molecule has 5 heteroatoms. The average molecular weight is 267 g/mol. The van der Waals surface area contributed by atoms with E-state index in [2.05, 4.69) is 22.6 Å². The molecular formula is C12H34N3OP. The zero-order chi connectivity index (χ0) is 12.3. The van der Waals surface area contributed by atoms with Crippen LogP contribution in [0.15, 0.2) is 0 Å². The summed E-state index contributed by atoms with van der Waals surface area (Å²) < 4.78 is 0. The highest BCUT2D eigenvalue weighted by Crippen LogP contribution is 2.05. The Morgan fingerprint density at radius 3 is 2.00 bits per heavy atom. The van der Waals surface area contributed by atoms with Gasteiger partial charge >= 0.3 is 6.03 Å². The molecule has 0 bridgehead atoms. The first-order valence-corrected chi connectivity index (χ1v) is 5.89. The maximum Gasteiger partial charge on any atom is 0.314 e. The van der Waals surface area contributed by atoms with Crippen molar-refractivity contribution < 1.29 is 4.79 Å². The summed E-state index contributed by atoms with van der Waals surface area (Å²) in [5, 5.41) is 5.41. The van der Waals surface area contributed by atoms with E-state index in [0.717, 1.165) is 19.5 Å². The van der Waals surface area contributed by atoms with Gasteiger partial charge in [0.15, 0.2) is 0 Å². The van der Waals surface area contributed by atoms with Gasteiger partial charge in [0, 0.05) is 19.6 Å². The number of likely N-dealkylation sites (tertiary alicyclic amines) is 1. The van der Waals surface area contributed by atoms with Gasteiger partial charge in [-0.25, -0.2) is 4.79 Å². The van der Waals surface area contributed by atoms with Crippen LogP contribution in [-0.4, -0.2) is 44.2 Å². The number of urea groups is 1. The highest BCUT2D eigenvalue weighted by molar-refractivity contribution is 6.92. The summed E-state index contributed by atoms with van der Waals surface area (Å²) in [5.41, 5.74) is 0. The second-order valence-electron chi connectivity index (χ2n) is 2.97. The van der Waals surface area contributed by atoms with Crippen LogP contribution in [0.3, 0.4) is 0 Å². The minimum Gasteiger partial charge on any atom is -0.341 e. The molecule has 4 nitrogen and oxygen atoms in total. The normalized spacial score (nSPS) is 16.9. The molecule has 1 heterocycles. The fourth-order valence-corrected chi connectivity index (χ4v) is 1.31. The van der Waals surface area contributed by atoms with Crippen molar-refractivity contribution in [1.82, 2.24) is 15.5 Å². The monoisotopic (exact) mass is 267 g/mol. The van der Waals surface area contributed by atoms with Crippen molar-refractivity contribution in [3.63, 3.8) is 0 Å². The van der Waals surface area contributed by atoms with Crippen LogP contribution >= 0.6 is 9.90 Å². The smallest absolute Gasteiger partial charge is 0.314 e. The highest BCUT2D eigenvalue weighted by atomic mass is 31.0. The number of hydrogen-bond donors (Lipinski definition) is 2. The SMILES string of the molecule is C.CC.CC.CNC(=O)NC1CCN(C)C1.P. The van der Waals surface area contributed by atoms with Crippen LogP contribution in [-0.2, 0) is 0 Å². The van der Waals surface area contributed by atoms with Gasteiger partial charge in [-0.2, -0.15) is 9.90 Å². The van der Waals surface area contributed by atoms with Gasteiger partial charge in [0.1, 0.15) is 0 Å². The lowest BCUT2D eigenvalue weighted by Crippen LogP contribution is -2.41. The molecule has 0 saturated carbocycles. The molecule has 17 heavy (non-hydrogen) atoms. The minimum absolute atomic E-state index is 0. The van der Waals surface area contributed by atoms with E-state index in [1.165, 1.54) is 0 Å². The summed E-state index contributed by atoms with van der Waals surface area (Å²) in [6.07, 6.45) is 1.06. The molecule has 1 rings (SSSR count). The third-order valence-electron chi connectivity index (χ3n) is 1.95. The summed E-state index contributed by atoms with van der Waals surface area (Å²) >= 11 is 0. The molecule has 0 spiro atoms. The van der Waals surface area contributed by atoms with E-state index in [1.54, 1.807) is 7.05 Å². The summed E-state index contributed by atoms with van der Waals surface area (Å²) in [5.74, 6) is 0. The second kappa shape index (κ2) is 18.0. The van der Waals surface area contributed by atoms with E-state index < -0.39 is 0 Å². The second-order valence-corrected chi connectivity index (χ2v) is 2.97. The van der Waals surface area contributed by atoms with Crippen molar-refractivity contribution in [2.45, 2.75) is 47.6 Å². The zero-order valence-electron chi connectivity index (χ0n) is 11.8. The van der Waals surface area contributed by atoms with Crippen molar-refractivity contribution in [3.8, 4) is 0 Å². The van der Waals surface area contributed by atoms with E-state index in [0.29, 0.717) is 6.04 Å². The highest BCUT2D eigenvalue weighted by Gasteiger charge is 2.19. The van der Waals surface area contributed by atoms with Crippen LogP contribution in [0, 0.1) is 0 Å². The third-order valence-corrected chi connectivity index (χ3v) is 1.95. The number of likely N-dealkylation sites (N-methyl/N-ethyl adjacent to an activating group) is 1. The Balaban J connectivity index is -0.000000128. The topological polar surface area (TPSA) is 44.4 Å². The lowest BCUT2D eigenvalue weighted by atomic mass is 10.3. The number of rotatable bonds is 1. The van der Waals surface area contributed by atoms with E-state index in [9.17, 15) is 4.79 Å². The molecule has 0 aliphatic carbocycles. The van der Waals surface area contributed by atoms with Crippen LogP contribution in [0.1, 0.15) is 41.5 Å². The van der Waals surface area contributed by atoms with Crippen LogP contribution in [0.2, 0.25) is 0 Å². The largest absolute Gasteiger partial charge is 0.341 e. The van der Waals surface area contributed by atoms with Crippen molar-refractivity contribution in [2.24, 2.45) is 0 Å². The van der Waals surface area contributed by atoms with Crippen molar-refractivity contribution in [3.05, 3.63) is 0 Å². The zero-order valence-corrected chi connectivity index (χ0v) is 13.2. The van der Waals surface area contributed by atoms with Gasteiger partial charge in [-0.15, -0.1) is 0 Å². The molecule has 2 unspecified atom stereocenters. The Kier molecular flexibility index (Phi) is 27.0. The van der Waals surface area contributed by atoms with Gasteiger partial charge in [0.05, 0.1) is 0 Å². The molecule has 1 saturated heterocycles. The Morgan fingerprint density at radius 1 is 1.24 bits per heavy atom. The average Bonchev–Trinajstić information content (AvgIpc) is 2.69. The van der Waals surface area contributed by atoms with Crippen molar-refractivity contribution in [2.75, 3.05) is 27.2 Å². The maximum atomic E-state index is 10.8. The fraction of sp³-hybridized carbons (Fsp3) is 0.917. The molecule has 0 aromatic rings. The van der Waals surface area contributed by atoms with Gasteiger partial charge in [-0.05, 0) is 20.0 Å². The summed E-state index contributed by atoms with van der Waals surface area (Å²) in [7, 11) is 3.69. The van der Waals surface area contributed by atoms with Gasteiger partial charge in [0.25, 0.3) is 0 Å². The summed E-state index contributed by atoms with van der Waals surface area (Å²) in [4.78, 5) is 13.0. The van der Waals surface area contributed by atoms with Gasteiger partial charge in [0.2, 0.25) is 0 Å². The minimum atomic E-state index is -0.0784. The number of carbonyl (C=O) groups excluding carboxylic acids is 1. The van der Waals surface area contributed by atoms with E-state index in [4.69, 9.17) is 0 Å². The fourth-order valence-electron chi connectivity index (χ4n) is 1.31. The van der Waals surface area contributed by atoms with Crippen LogP contribution in [0.5, 0.6) is 0 Å². The van der Waals surface area contributed by atoms with Gasteiger partial charge in [-0.3, -0.25) is 0 Å². The quantitative estimate of drug-likeness (QED) is 0.716. The first-order chi connectivity index (χ1) is 7.22. The molecule has 2 atom stereocenters. The van der Waals surface area contributed by atoms with Gasteiger partial charge < -0.3 is 15.5 Å². The first kappa shape index (κ1) is 25.5. The summed E-state index contributed by atoms with van der Waals surface area (Å²) in [6, 6.07) is 0.255. The molecule has 108 valence electrons. The molecule has 1 aliphatic heterocycles. The number of nitrogens with zero attached hydrogens (tertiary/aromatic N) is 1. The Labute approximate surface area is 112 Å². The molecule has 1 fully saturated rings. The maximum absolute atomic E-state index is 10.8. The number of carbonyl (C=O) groups is 1. The van der Waals surface area contributed by atoms with E-state index in [1.807, 2.05) is 27.7 Å². The molecule has 2 amide bonds. The first-order valence-electron chi connectivity index (χ1n) is 5.89. The lowest BCUT2D eigenvalue weighted by Gasteiger charge is -2.11. The summed E-state index contributed by atoms with van der Waals surface area (Å²) in [6.45, 7) is 10.0. The lowest BCUT2D eigenvalue weighted by molar-refractivity contribution is 0.239. The van der Waals surface area contributed by atoms with Crippen molar-refractivity contribution in [1.29, 1.82) is 0 Å². The van der Waals surface area contributed by atoms with Crippen LogP contribution in [0.25, 0.3) is 0 Å². The Bertz CT molecular complexity index is 157. The molecular weight excluding hydrogens is 233 g/mol. The predicted octanol–water partition coefficient (Wildman–Crippen LogP) is 2.37. The standard InChI is InChI=1S/C7H15N3O.2C2H6.CH4.H3P/c1-8-7(11)9-6-3-4-10(2)5-6;2*1-2;;/h6H,3-5H2,1-2H3,(H2,8,9,11);2*1-2H3;1H4;1H3. The Morgan fingerprint density at radius 2 is 1.71 bits per heavy atom. The molecule has 0 aromatic carbocycles. The molecule has 0 radical (unpaired) electrons. The van der Waals surface area contributed by atoms with E-state index >= 15 is 0 Å². The van der Waals surface area contributed by atoms with Crippen molar-refractivity contribution >= 4 is 15.9 Å². The van der Waals surface area contributed by atoms with Gasteiger partial charge in [-0.1, -0.05) is 35.1 Å². The number of amides is 2. The Hall–Kier alpha value is -0.340. The van der Waals surface area contributed by atoms with Crippen LogP contribution < -0.4 is 10.6 Å².